The molecule has 0 radical (unpaired) electrons. The molecule has 1 N–H and O–H groups in total. The topological polar surface area (TPSA) is 33.1 Å². The molecule has 0 unspecified atom stereocenters. The van der Waals surface area contributed by atoms with Gasteiger partial charge in [-0.15, -0.1) is 0 Å². The van der Waals surface area contributed by atoms with Crippen LogP contribution in [0.3, 0.4) is 0 Å². The maximum atomic E-state index is 13.5. The molecule has 2 nitrogen and oxygen atoms in total. The van der Waals surface area contributed by atoms with Crippen LogP contribution >= 0.6 is 0 Å². The summed E-state index contributed by atoms with van der Waals surface area (Å²) in [5.41, 5.74) is -2.21. The highest BCUT2D eigenvalue weighted by Crippen LogP contribution is 2.31. The molecule has 0 aliphatic heterocycles. The smallest absolute Gasteiger partial charge is 0.218 e. The first kappa shape index (κ1) is 14.3. The Labute approximate surface area is 108 Å². The van der Waals surface area contributed by atoms with Crippen molar-refractivity contribution in [3.8, 4) is 11.1 Å². The minimum atomic E-state index is -2.29. The number of rotatable bonds is 2. The van der Waals surface area contributed by atoms with Gasteiger partial charge in [-0.2, -0.15) is 4.39 Å². The van der Waals surface area contributed by atoms with Gasteiger partial charge < -0.3 is 5.11 Å². The van der Waals surface area contributed by atoms with Crippen molar-refractivity contribution >= 4 is 0 Å². The van der Waals surface area contributed by atoms with Gasteiger partial charge in [0, 0.05) is 17.3 Å². The first-order chi connectivity index (χ1) is 9.38. The molecule has 1 aromatic carbocycles. The van der Waals surface area contributed by atoms with Crippen LogP contribution in [0.5, 0.6) is 0 Å². The summed E-state index contributed by atoms with van der Waals surface area (Å²) in [6.07, 6.45) is 0.604. The van der Waals surface area contributed by atoms with Gasteiger partial charge in [0.2, 0.25) is 11.8 Å². The summed E-state index contributed by atoms with van der Waals surface area (Å²) in [4.78, 5) is 3.09. The third-order valence-electron chi connectivity index (χ3n) is 2.58. The molecule has 0 atom stereocenters. The third kappa shape index (κ3) is 2.11. The maximum Gasteiger partial charge on any atom is 0.218 e. The summed E-state index contributed by atoms with van der Waals surface area (Å²) in [6, 6.07) is 0.751. The highest BCUT2D eigenvalue weighted by atomic mass is 19.2. The molecule has 0 aliphatic carbocycles. The van der Waals surface area contributed by atoms with Crippen LogP contribution in [0.25, 0.3) is 11.1 Å². The fourth-order valence-corrected chi connectivity index (χ4v) is 1.60. The molecule has 0 saturated carbocycles. The molecule has 0 bridgehead atoms. The molecule has 1 aromatic heterocycles. The Bertz CT molecular complexity index is 659. The Balaban J connectivity index is 2.76. The normalized spacial score (nSPS) is 10.9. The van der Waals surface area contributed by atoms with Gasteiger partial charge in [-0.25, -0.2) is 26.9 Å². The van der Waals surface area contributed by atoms with Crippen molar-refractivity contribution in [1.29, 1.82) is 0 Å². The number of hydrogen-bond donors (Lipinski definition) is 1. The highest BCUT2D eigenvalue weighted by molar-refractivity contribution is 5.65. The summed E-state index contributed by atoms with van der Waals surface area (Å²) >= 11 is 0. The van der Waals surface area contributed by atoms with E-state index in [4.69, 9.17) is 5.11 Å². The number of aromatic nitrogens is 1. The molecule has 2 aromatic rings. The number of pyridine rings is 1. The molecule has 0 aliphatic rings. The molecule has 106 valence electrons. The quantitative estimate of drug-likeness (QED) is 0.399. The van der Waals surface area contributed by atoms with Crippen LogP contribution in [-0.4, -0.2) is 10.1 Å². The lowest BCUT2D eigenvalue weighted by atomic mass is 10.0. The van der Waals surface area contributed by atoms with Gasteiger partial charge in [-0.1, -0.05) is 0 Å². The Hall–Kier alpha value is -2.09. The molecule has 1 heterocycles. The van der Waals surface area contributed by atoms with Gasteiger partial charge in [0.05, 0.1) is 12.2 Å². The largest absolute Gasteiger partial charge is 0.392 e. The van der Waals surface area contributed by atoms with Gasteiger partial charge in [-0.3, -0.25) is 0 Å². The predicted octanol–water partition coefficient (Wildman–Crippen LogP) is 3.08. The van der Waals surface area contributed by atoms with E-state index < -0.39 is 58.3 Å². The van der Waals surface area contributed by atoms with Crippen LogP contribution in [-0.2, 0) is 6.61 Å². The van der Waals surface area contributed by atoms with Gasteiger partial charge in [0.1, 0.15) is 0 Å². The van der Waals surface area contributed by atoms with Crippen molar-refractivity contribution in [1.82, 2.24) is 4.98 Å². The molecular weight excluding hydrogens is 288 g/mol. The molecule has 20 heavy (non-hydrogen) atoms. The first-order valence-electron chi connectivity index (χ1n) is 5.15. The molecular formula is C12H5F6NO. The molecule has 0 amide bonds. The van der Waals surface area contributed by atoms with E-state index in [-0.39, 0.29) is 0 Å². The van der Waals surface area contributed by atoms with E-state index in [1.54, 1.807) is 0 Å². The van der Waals surface area contributed by atoms with Gasteiger partial charge >= 0.3 is 0 Å². The zero-order valence-corrected chi connectivity index (χ0v) is 9.52. The standard InChI is InChI=1S/C12H5F6NO/c13-7-6(8(14)10(16)11(17)9(7)15)4-1-5(3-20)12(18)19-2-4/h1-2,20H,3H2. The fourth-order valence-electron chi connectivity index (χ4n) is 1.60. The molecule has 0 spiro atoms. The predicted molar refractivity (Wildman–Crippen MR) is 55.3 cm³/mol. The van der Waals surface area contributed by atoms with Crippen molar-refractivity contribution in [3.05, 3.63) is 52.9 Å². The summed E-state index contributed by atoms with van der Waals surface area (Å²) in [7, 11) is 0. The second-order valence-corrected chi connectivity index (χ2v) is 3.78. The zero-order valence-electron chi connectivity index (χ0n) is 9.52. The lowest BCUT2D eigenvalue weighted by Gasteiger charge is -2.09. The van der Waals surface area contributed by atoms with E-state index in [0.29, 0.717) is 6.20 Å². The summed E-state index contributed by atoms with van der Waals surface area (Å²) in [6.45, 7) is -0.845. The lowest BCUT2D eigenvalue weighted by Crippen LogP contribution is -2.05. The third-order valence-corrected chi connectivity index (χ3v) is 2.58. The monoisotopic (exact) mass is 293 g/mol. The van der Waals surface area contributed by atoms with Gasteiger partial charge in [-0.05, 0) is 6.07 Å². The van der Waals surface area contributed by atoms with Crippen LogP contribution in [0.1, 0.15) is 5.56 Å². The number of hydrogen-bond acceptors (Lipinski definition) is 2. The fraction of sp³-hybridized carbons (Fsp3) is 0.0833. The number of aliphatic hydroxyl groups is 1. The summed E-state index contributed by atoms with van der Waals surface area (Å²) in [5, 5.41) is 8.81. The number of nitrogens with zero attached hydrogens (tertiary/aromatic N) is 1. The van der Waals surface area contributed by atoms with Crippen LogP contribution in [0.15, 0.2) is 12.3 Å². The van der Waals surface area contributed by atoms with Crippen molar-refractivity contribution in [2.75, 3.05) is 0 Å². The molecule has 8 heteroatoms. The average Bonchev–Trinajstić information content (AvgIpc) is 2.45. The minimum Gasteiger partial charge on any atom is -0.392 e. The van der Waals surface area contributed by atoms with E-state index in [1.807, 2.05) is 0 Å². The van der Waals surface area contributed by atoms with Crippen LogP contribution in [0.2, 0.25) is 0 Å². The van der Waals surface area contributed by atoms with Crippen molar-refractivity contribution < 1.29 is 31.4 Å². The Morgan fingerprint density at radius 2 is 1.35 bits per heavy atom. The second-order valence-electron chi connectivity index (χ2n) is 3.78. The summed E-state index contributed by atoms with van der Waals surface area (Å²) < 4.78 is 79.1. The van der Waals surface area contributed by atoms with Crippen molar-refractivity contribution in [3.63, 3.8) is 0 Å². The van der Waals surface area contributed by atoms with E-state index in [0.717, 1.165) is 6.07 Å². The first-order valence-corrected chi connectivity index (χ1v) is 5.15. The van der Waals surface area contributed by atoms with E-state index in [9.17, 15) is 26.3 Å². The maximum absolute atomic E-state index is 13.5. The van der Waals surface area contributed by atoms with E-state index in [1.165, 1.54) is 0 Å². The van der Waals surface area contributed by atoms with Gasteiger partial charge in [0.15, 0.2) is 23.3 Å². The second kappa shape index (κ2) is 5.12. The summed E-state index contributed by atoms with van der Waals surface area (Å²) in [5.74, 6) is -11.7. The Kier molecular flexibility index (Phi) is 3.67. The van der Waals surface area contributed by atoms with Crippen molar-refractivity contribution in [2.45, 2.75) is 6.61 Å². The van der Waals surface area contributed by atoms with Gasteiger partial charge in [0.25, 0.3) is 0 Å². The highest BCUT2D eigenvalue weighted by Gasteiger charge is 2.27. The van der Waals surface area contributed by atoms with Crippen LogP contribution < -0.4 is 0 Å². The average molecular weight is 293 g/mol. The Morgan fingerprint density at radius 3 is 1.85 bits per heavy atom. The van der Waals surface area contributed by atoms with E-state index in [2.05, 4.69) is 4.98 Å². The molecule has 2 rings (SSSR count). The number of halogens is 6. The Morgan fingerprint density at radius 1 is 0.850 bits per heavy atom. The van der Waals surface area contributed by atoms with E-state index >= 15 is 0 Å². The van der Waals surface area contributed by atoms with Crippen LogP contribution in [0, 0.1) is 35.0 Å². The SMILES string of the molecule is OCc1cc(-c2c(F)c(F)c(F)c(F)c2F)cnc1F. The molecule has 0 fully saturated rings. The number of aliphatic hydroxyl groups excluding tert-OH is 1. The minimum absolute atomic E-state index is 0.438. The van der Waals surface area contributed by atoms with Crippen LogP contribution in [0.4, 0.5) is 26.3 Å². The molecule has 0 saturated heterocycles. The van der Waals surface area contributed by atoms with Crippen molar-refractivity contribution in [2.24, 2.45) is 0 Å². The lowest BCUT2D eigenvalue weighted by molar-refractivity contribution is 0.274. The zero-order chi connectivity index (χ0) is 15.0. The number of benzene rings is 1.